The minimum atomic E-state index is -0.500. The summed E-state index contributed by atoms with van der Waals surface area (Å²) in [7, 11) is 0. The summed E-state index contributed by atoms with van der Waals surface area (Å²) >= 11 is 5.53. The number of rotatable bonds is 0. The van der Waals surface area contributed by atoms with Gasteiger partial charge in [0.1, 0.15) is 0 Å². The quantitative estimate of drug-likeness (QED) is 0.529. The Morgan fingerprint density at radius 1 is 1.00 bits per heavy atom. The zero-order valence-corrected chi connectivity index (χ0v) is 10.2. The third-order valence-corrected chi connectivity index (χ3v) is 0. The van der Waals surface area contributed by atoms with E-state index in [4.69, 9.17) is 16.7 Å². The Hall–Kier alpha value is 0.500. The third-order valence-electron chi connectivity index (χ3n) is 0. The fraction of sp³-hybridized carbons (Fsp3) is 1.00. The van der Waals surface area contributed by atoms with Crippen LogP contribution in [-0.4, -0.2) is 21.1 Å². The lowest BCUT2D eigenvalue weighted by Gasteiger charge is -2.04. The molecule has 0 aromatic heterocycles. The van der Waals surface area contributed by atoms with Crippen LogP contribution < -0.4 is 12.4 Å². The maximum absolute atomic E-state index is 8.52. The molecule has 0 aliphatic carbocycles. The molecule has 3 N–H and O–H groups in total. The summed E-state index contributed by atoms with van der Waals surface area (Å²) in [5, 5.41) is 8.52. The summed E-state index contributed by atoms with van der Waals surface area (Å²) in [5.41, 5.74) is -0.500. The van der Waals surface area contributed by atoms with Crippen molar-refractivity contribution in [3.8, 4) is 0 Å². The van der Waals surface area contributed by atoms with Crippen molar-refractivity contribution < 1.29 is 24.4 Å². The molecule has 0 radical (unpaired) electrons. The van der Waals surface area contributed by atoms with Gasteiger partial charge in [0.25, 0.3) is 0 Å². The van der Waals surface area contributed by atoms with Crippen LogP contribution in [0.25, 0.3) is 0 Å². The lowest BCUT2D eigenvalue weighted by molar-refractivity contribution is -0.0000112. The lowest BCUT2D eigenvalue weighted by atomic mass is 10.2. The van der Waals surface area contributed by atoms with Gasteiger partial charge in [-0.1, -0.05) is 0 Å². The Kier molecular flexibility index (Phi) is 15.5. The first-order valence-corrected chi connectivity index (χ1v) is 3.79. The average Bonchev–Trinajstić information content (AvgIpc) is 1.12. The minimum Gasteiger partial charge on any atom is -1.00 e. The molecular formula is C8H22Cl2O2. The van der Waals surface area contributed by atoms with E-state index >= 15 is 0 Å². The maximum atomic E-state index is 8.52. The van der Waals surface area contributed by atoms with Gasteiger partial charge >= 0.3 is 1.43 Å². The summed E-state index contributed by atoms with van der Waals surface area (Å²) in [5.74, 6) is 0. The van der Waals surface area contributed by atoms with Crippen molar-refractivity contribution in [2.75, 3.05) is 0 Å². The molecule has 0 aromatic rings. The summed E-state index contributed by atoms with van der Waals surface area (Å²) < 4.78 is 0. The van der Waals surface area contributed by atoms with E-state index in [2.05, 4.69) is 0 Å². The van der Waals surface area contributed by atoms with Crippen LogP contribution >= 0.6 is 11.6 Å². The van der Waals surface area contributed by atoms with E-state index in [1.165, 1.54) is 0 Å². The van der Waals surface area contributed by atoms with Crippen molar-refractivity contribution in [3.63, 3.8) is 0 Å². The molecule has 4 heteroatoms. The van der Waals surface area contributed by atoms with Gasteiger partial charge in [0.2, 0.25) is 0 Å². The van der Waals surface area contributed by atoms with E-state index in [9.17, 15) is 0 Å². The number of alkyl halides is 1. The van der Waals surface area contributed by atoms with Gasteiger partial charge in [-0.05, 0) is 41.5 Å². The number of aliphatic hydroxyl groups is 1. The Balaban J connectivity index is -0.0000000267. The molecule has 0 atom stereocenters. The van der Waals surface area contributed by atoms with Crippen LogP contribution in [0.2, 0.25) is 0 Å². The second-order valence-electron chi connectivity index (χ2n) is 4.24. The molecule has 0 unspecified atom stereocenters. The second-order valence-corrected chi connectivity index (χ2v) is 5.37. The van der Waals surface area contributed by atoms with Crippen molar-refractivity contribution in [3.05, 3.63) is 0 Å². The number of halogens is 2. The minimum absolute atomic E-state index is 0. The summed E-state index contributed by atoms with van der Waals surface area (Å²) in [6.07, 6.45) is 0. The SMILES string of the molecule is CC(C)(C)Cl.CC(C)(C)O.O.[Cl-].[H+]. The molecule has 0 aromatic carbocycles. The van der Waals surface area contributed by atoms with Crippen molar-refractivity contribution in [2.45, 2.75) is 52.0 Å². The molecule has 2 nitrogen and oxygen atoms in total. The highest BCUT2D eigenvalue weighted by atomic mass is 35.5. The summed E-state index contributed by atoms with van der Waals surface area (Å²) in [4.78, 5) is -0.0278. The Morgan fingerprint density at radius 2 is 1.00 bits per heavy atom. The van der Waals surface area contributed by atoms with E-state index < -0.39 is 5.60 Å². The first-order valence-electron chi connectivity index (χ1n) is 3.41. The topological polar surface area (TPSA) is 51.7 Å². The zero-order chi connectivity index (χ0) is 9.00. The molecular weight excluding hydrogens is 199 g/mol. The van der Waals surface area contributed by atoms with Gasteiger partial charge in [-0.3, -0.25) is 0 Å². The van der Waals surface area contributed by atoms with Crippen LogP contribution in [0.4, 0.5) is 0 Å². The smallest absolute Gasteiger partial charge is 1.00 e. The lowest BCUT2D eigenvalue weighted by Crippen LogP contribution is -3.00. The molecule has 0 heterocycles. The van der Waals surface area contributed by atoms with Gasteiger partial charge in [-0.2, -0.15) is 0 Å². The van der Waals surface area contributed by atoms with E-state index in [0.717, 1.165) is 0 Å². The molecule has 0 bridgehead atoms. The molecule has 0 spiro atoms. The van der Waals surface area contributed by atoms with Gasteiger partial charge in [-0.15, -0.1) is 11.6 Å². The molecule has 0 rings (SSSR count). The van der Waals surface area contributed by atoms with Gasteiger partial charge in [-0.25, -0.2) is 0 Å². The highest BCUT2D eigenvalue weighted by molar-refractivity contribution is 6.23. The maximum Gasteiger partial charge on any atom is 1.00 e. The number of hydrogen-bond donors (Lipinski definition) is 1. The van der Waals surface area contributed by atoms with Crippen LogP contribution in [0, 0.1) is 0 Å². The second kappa shape index (κ2) is 8.11. The van der Waals surface area contributed by atoms with E-state index in [-0.39, 0.29) is 24.2 Å². The summed E-state index contributed by atoms with van der Waals surface area (Å²) in [6, 6.07) is 0. The molecule has 12 heavy (non-hydrogen) atoms. The first-order chi connectivity index (χ1) is 4.00. The van der Waals surface area contributed by atoms with Crippen LogP contribution in [0.1, 0.15) is 43.0 Å². The average molecular weight is 221 g/mol. The Labute approximate surface area is 88.5 Å². The van der Waals surface area contributed by atoms with Crippen LogP contribution in [0.5, 0.6) is 0 Å². The largest absolute Gasteiger partial charge is 1.00 e. The van der Waals surface area contributed by atoms with Crippen molar-refractivity contribution in [2.24, 2.45) is 0 Å². The zero-order valence-electron chi connectivity index (χ0n) is 9.70. The predicted molar refractivity (Wildman–Crippen MR) is 52.3 cm³/mol. The first kappa shape index (κ1) is 22.9. The molecule has 80 valence electrons. The van der Waals surface area contributed by atoms with Gasteiger partial charge in [0.05, 0.1) is 5.60 Å². The highest BCUT2D eigenvalue weighted by Gasteiger charge is 1.99. The molecule has 0 aliphatic heterocycles. The van der Waals surface area contributed by atoms with Crippen LogP contribution in [0.3, 0.4) is 0 Å². The summed E-state index contributed by atoms with van der Waals surface area (Å²) in [6.45, 7) is 11.1. The fourth-order valence-corrected chi connectivity index (χ4v) is 0. The predicted octanol–water partition coefficient (Wildman–Crippen LogP) is -0.907. The normalized spacial score (nSPS) is 10.0. The Bertz CT molecular complexity index is 63.1. The molecule has 0 saturated carbocycles. The molecule has 0 amide bonds. The molecule has 0 aliphatic rings. The van der Waals surface area contributed by atoms with Crippen molar-refractivity contribution >= 4 is 11.6 Å². The number of hydrogen-bond acceptors (Lipinski definition) is 1. The van der Waals surface area contributed by atoms with Crippen molar-refractivity contribution in [1.82, 2.24) is 0 Å². The highest BCUT2D eigenvalue weighted by Crippen LogP contribution is 2.07. The standard InChI is InChI=1S/C4H9Cl.C4H10O.ClH.H2O/c2*1-4(2,3)5;;/h1-3H3;5H,1-3H3;1H;1H2. The van der Waals surface area contributed by atoms with Crippen LogP contribution in [-0.2, 0) is 0 Å². The van der Waals surface area contributed by atoms with Gasteiger partial charge < -0.3 is 23.0 Å². The third kappa shape index (κ3) is 3790. The fourth-order valence-electron chi connectivity index (χ4n) is 0. The molecule has 0 fully saturated rings. The molecule has 0 saturated heterocycles. The van der Waals surface area contributed by atoms with E-state index in [0.29, 0.717) is 0 Å². The van der Waals surface area contributed by atoms with Crippen LogP contribution in [0.15, 0.2) is 0 Å². The van der Waals surface area contributed by atoms with E-state index in [1.807, 2.05) is 20.8 Å². The Morgan fingerprint density at radius 3 is 1.00 bits per heavy atom. The van der Waals surface area contributed by atoms with Gasteiger partial charge in [0, 0.05) is 4.87 Å². The monoisotopic (exact) mass is 220 g/mol. The van der Waals surface area contributed by atoms with E-state index in [1.54, 1.807) is 20.8 Å². The van der Waals surface area contributed by atoms with Gasteiger partial charge in [0.15, 0.2) is 0 Å². The van der Waals surface area contributed by atoms with Crippen molar-refractivity contribution in [1.29, 1.82) is 0 Å².